The number of hydrogen-bond acceptors (Lipinski definition) is 5. The van der Waals surface area contributed by atoms with Gasteiger partial charge >= 0.3 is 0 Å². The topological polar surface area (TPSA) is 89.7 Å². The fourth-order valence-electron chi connectivity index (χ4n) is 6.00. The minimum Gasteiger partial charge on any atom is -0.462 e. The van der Waals surface area contributed by atoms with Gasteiger partial charge in [-0.15, -0.1) is 0 Å². The summed E-state index contributed by atoms with van der Waals surface area (Å²) in [6.07, 6.45) is 6.02. The van der Waals surface area contributed by atoms with Crippen molar-refractivity contribution in [2.45, 2.75) is 44.2 Å². The van der Waals surface area contributed by atoms with E-state index in [1.165, 1.54) is 11.1 Å². The monoisotopic (exact) mass is 393 g/mol. The van der Waals surface area contributed by atoms with E-state index in [1.54, 1.807) is 19.4 Å². The Balaban J connectivity index is 1.63. The van der Waals surface area contributed by atoms with Gasteiger partial charge in [-0.25, -0.2) is 4.99 Å². The predicted molar refractivity (Wildman–Crippen MR) is 112 cm³/mol. The molecule has 2 aromatic rings. The largest absolute Gasteiger partial charge is 0.462 e. The second-order valence-corrected chi connectivity index (χ2v) is 8.86. The molecule has 3 N–H and O–H groups in total. The lowest BCUT2D eigenvalue weighted by Gasteiger charge is -2.47. The normalized spacial score (nSPS) is 33.0. The molecule has 1 fully saturated rings. The summed E-state index contributed by atoms with van der Waals surface area (Å²) in [5, 5.41) is 0. The van der Waals surface area contributed by atoms with Gasteiger partial charge in [-0.2, -0.15) is 0 Å². The molecule has 0 bridgehead atoms. The van der Waals surface area contributed by atoms with Crippen LogP contribution in [0.2, 0.25) is 0 Å². The fraction of sp³-hybridized carbons (Fsp3) is 0.478. The molecular formula is C23H27N3O3. The lowest BCUT2D eigenvalue weighted by atomic mass is 9.59. The summed E-state index contributed by atoms with van der Waals surface area (Å²) < 4.78 is 11.5. The Labute approximate surface area is 170 Å². The third kappa shape index (κ3) is 2.65. The molecule has 2 spiro atoms. The molecule has 1 unspecified atom stereocenters. The van der Waals surface area contributed by atoms with E-state index in [1.807, 2.05) is 6.07 Å². The number of ether oxygens (including phenoxy) is 2. The molecule has 152 valence electrons. The fourth-order valence-corrected chi connectivity index (χ4v) is 6.00. The van der Waals surface area contributed by atoms with Crippen molar-refractivity contribution < 1.29 is 9.47 Å². The van der Waals surface area contributed by atoms with Gasteiger partial charge in [0.1, 0.15) is 12.1 Å². The highest BCUT2D eigenvalue weighted by molar-refractivity contribution is 5.76. The molecule has 5 rings (SSSR count). The first-order valence-corrected chi connectivity index (χ1v) is 10.3. The Morgan fingerprint density at radius 1 is 1.28 bits per heavy atom. The molecule has 0 amide bonds. The number of aromatic nitrogens is 1. The number of H-pyrrole nitrogens is 1. The Morgan fingerprint density at radius 2 is 2.10 bits per heavy atom. The standard InChI is InChI=1S/C23H27N3O3/c1-14-11-22(7-5-19(14)28-2)12-17-4-3-15(16-6-8-25-20(27)10-16)9-18(17)23(22)13-29-21(24)26-23/h3-4,6,8-10,14,19H,5,7,11-13H2,1-2H3,(H2,24,26)(H,25,27)/t14-,19-,22-,23?/m0/s1. The van der Waals surface area contributed by atoms with Crippen molar-refractivity contribution in [1.29, 1.82) is 0 Å². The maximum atomic E-state index is 11.8. The summed E-state index contributed by atoms with van der Waals surface area (Å²) in [5.74, 6) is 0.448. The van der Waals surface area contributed by atoms with Crippen molar-refractivity contribution in [1.82, 2.24) is 4.98 Å². The molecule has 2 aliphatic carbocycles. The molecule has 0 radical (unpaired) electrons. The second kappa shape index (κ2) is 6.46. The summed E-state index contributed by atoms with van der Waals surface area (Å²) in [6.45, 7) is 2.76. The van der Waals surface area contributed by atoms with Crippen molar-refractivity contribution in [2.24, 2.45) is 22.1 Å². The quantitative estimate of drug-likeness (QED) is 0.821. The van der Waals surface area contributed by atoms with Crippen LogP contribution in [0.1, 0.15) is 37.3 Å². The number of pyridine rings is 1. The summed E-state index contributed by atoms with van der Waals surface area (Å²) in [5.41, 5.74) is 9.89. The van der Waals surface area contributed by atoms with Crippen LogP contribution in [0.5, 0.6) is 0 Å². The van der Waals surface area contributed by atoms with Gasteiger partial charge in [-0.05, 0) is 66.0 Å². The van der Waals surface area contributed by atoms with Crippen LogP contribution in [0, 0.1) is 11.3 Å². The van der Waals surface area contributed by atoms with Crippen LogP contribution in [0.25, 0.3) is 11.1 Å². The molecule has 2 heterocycles. The van der Waals surface area contributed by atoms with E-state index in [9.17, 15) is 4.79 Å². The number of fused-ring (bicyclic) bond motifs is 3. The molecular weight excluding hydrogens is 366 g/mol. The van der Waals surface area contributed by atoms with E-state index < -0.39 is 5.54 Å². The lowest BCUT2D eigenvalue weighted by molar-refractivity contribution is -0.0445. The van der Waals surface area contributed by atoms with Gasteiger partial charge < -0.3 is 20.2 Å². The van der Waals surface area contributed by atoms with Gasteiger partial charge in [0.05, 0.1) is 6.10 Å². The number of nitrogens with one attached hydrogen (secondary N) is 1. The molecule has 1 saturated carbocycles. The van der Waals surface area contributed by atoms with E-state index in [0.717, 1.165) is 36.8 Å². The van der Waals surface area contributed by atoms with E-state index in [2.05, 4.69) is 30.1 Å². The molecule has 1 aromatic heterocycles. The Kier molecular flexibility index (Phi) is 4.10. The second-order valence-electron chi connectivity index (χ2n) is 8.86. The van der Waals surface area contributed by atoms with Gasteiger partial charge in [0, 0.05) is 24.8 Å². The number of rotatable bonds is 2. The summed E-state index contributed by atoms with van der Waals surface area (Å²) in [6, 6.07) is 10.3. The highest BCUT2D eigenvalue weighted by atomic mass is 16.5. The highest BCUT2D eigenvalue weighted by Crippen LogP contribution is 2.62. The van der Waals surface area contributed by atoms with Crippen LogP contribution in [0.3, 0.4) is 0 Å². The van der Waals surface area contributed by atoms with Crippen LogP contribution in [-0.4, -0.2) is 30.8 Å². The van der Waals surface area contributed by atoms with E-state index in [-0.39, 0.29) is 23.1 Å². The SMILES string of the molecule is CO[C@H]1CC[C@@]2(Cc3ccc(-c4cc[nH]c(=O)c4)cc3C23COC(N)=N3)C[C@@H]1C. The lowest BCUT2D eigenvalue weighted by Crippen LogP contribution is -2.48. The maximum absolute atomic E-state index is 11.8. The zero-order chi connectivity index (χ0) is 20.2. The van der Waals surface area contributed by atoms with Crippen LogP contribution in [-0.2, 0) is 21.4 Å². The zero-order valence-electron chi connectivity index (χ0n) is 16.9. The first kappa shape index (κ1) is 18.4. The van der Waals surface area contributed by atoms with E-state index >= 15 is 0 Å². The summed E-state index contributed by atoms with van der Waals surface area (Å²) in [4.78, 5) is 19.4. The van der Waals surface area contributed by atoms with Crippen LogP contribution >= 0.6 is 0 Å². The molecule has 1 aliphatic heterocycles. The highest BCUT2D eigenvalue weighted by Gasteiger charge is 2.62. The van der Waals surface area contributed by atoms with Crippen molar-refractivity contribution >= 4 is 6.02 Å². The molecule has 29 heavy (non-hydrogen) atoms. The number of nitrogens with zero attached hydrogens (tertiary/aromatic N) is 1. The molecule has 1 aromatic carbocycles. The Bertz CT molecular complexity index is 1050. The zero-order valence-corrected chi connectivity index (χ0v) is 16.9. The summed E-state index contributed by atoms with van der Waals surface area (Å²) in [7, 11) is 1.81. The third-order valence-electron chi connectivity index (χ3n) is 7.36. The number of methoxy groups -OCH3 is 1. The Morgan fingerprint density at radius 3 is 2.79 bits per heavy atom. The number of amidine groups is 1. The van der Waals surface area contributed by atoms with Crippen LogP contribution in [0.4, 0.5) is 0 Å². The first-order valence-electron chi connectivity index (χ1n) is 10.3. The van der Waals surface area contributed by atoms with Gasteiger partial charge in [-0.1, -0.05) is 19.1 Å². The van der Waals surface area contributed by atoms with Crippen molar-refractivity contribution in [3.05, 3.63) is 58.0 Å². The summed E-state index contributed by atoms with van der Waals surface area (Å²) >= 11 is 0. The van der Waals surface area contributed by atoms with E-state index in [4.69, 9.17) is 20.2 Å². The van der Waals surface area contributed by atoms with Gasteiger partial charge in [0.15, 0.2) is 0 Å². The minimum absolute atomic E-state index is 0.0162. The molecule has 0 saturated heterocycles. The van der Waals surface area contributed by atoms with Crippen molar-refractivity contribution in [2.75, 3.05) is 13.7 Å². The number of aromatic amines is 1. The predicted octanol–water partition coefficient (Wildman–Crippen LogP) is 2.96. The van der Waals surface area contributed by atoms with Gasteiger partial charge in [-0.3, -0.25) is 4.79 Å². The Hall–Kier alpha value is -2.60. The van der Waals surface area contributed by atoms with E-state index in [0.29, 0.717) is 12.5 Å². The van der Waals surface area contributed by atoms with Gasteiger partial charge in [0.25, 0.3) is 6.02 Å². The molecule has 6 heteroatoms. The smallest absolute Gasteiger partial charge is 0.283 e. The van der Waals surface area contributed by atoms with Crippen LogP contribution in [0.15, 0.2) is 46.3 Å². The number of hydrogen-bond donors (Lipinski definition) is 2. The average molecular weight is 393 g/mol. The van der Waals surface area contributed by atoms with Crippen molar-refractivity contribution in [3.63, 3.8) is 0 Å². The third-order valence-corrected chi connectivity index (χ3v) is 7.36. The molecule has 3 aliphatic rings. The molecule has 4 atom stereocenters. The number of nitrogens with two attached hydrogens (primary N) is 1. The van der Waals surface area contributed by atoms with Crippen LogP contribution < -0.4 is 11.3 Å². The molecule has 6 nitrogen and oxygen atoms in total. The number of benzene rings is 1. The average Bonchev–Trinajstić information content (AvgIpc) is 3.21. The minimum atomic E-state index is -0.462. The number of aliphatic imine (C=N–C) groups is 1. The first-order chi connectivity index (χ1) is 14.0. The van der Waals surface area contributed by atoms with Gasteiger partial charge in [0.2, 0.25) is 5.56 Å². The maximum Gasteiger partial charge on any atom is 0.283 e. The van der Waals surface area contributed by atoms with Crippen molar-refractivity contribution in [3.8, 4) is 11.1 Å².